The zero-order valence-corrected chi connectivity index (χ0v) is 19.0. The predicted octanol–water partition coefficient (Wildman–Crippen LogP) is 3.21. The van der Waals surface area contributed by atoms with Crippen LogP contribution in [0, 0.1) is 25.7 Å². The van der Waals surface area contributed by atoms with Crippen LogP contribution in [-0.4, -0.2) is 36.9 Å². The van der Waals surface area contributed by atoms with Gasteiger partial charge in [-0.1, -0.05) is 43.3 Å². The Morgan fingerprint density at radius 2 is 1.80 bits per heavy atom. The Hall–Kier alpha value is -2.19. The van der Waals surface area contributed by atoms with E-state index in [4.69, 9.17) is 4.52 Å². The molecule has 3 rings (SSSR count). The molecule has 1 aromatic carbocycles. The summed E-state index contributed by atoms with van der Waals surface area (Å²) in [5.41, 5.74) is 2.74. The van der Waals surface area contributed by atoms with Crippen molar-refractivity contribution >= 4 is 15.9 Å². The number of hydrogen-bond acceptors (Lipinski definition) is 5. The Morgan fingerprint density at radius 1 is 1.20 bits per heavy atom. The van der Waals surface area contributed by atoms with Gasteiger partial charge in [0.2, 0.25) is 15.9 Å². The van der Waals surface area contributed by atoms with Crippen LogP contribution in [0.1, 0.15) is 49.3 Å². The number of carbonyl (C=O) groups excluding carboxylic acids is 1. The predicted molar refractivity (Wildman–Crippen MR) is 114 cm³/mol. The number of sulfonamides is 1. The van der Waals surface area contributed by atoms with Crippen molar-refractivity contribution in [1.29, 1.82) is 0 Å². The summed E-state index contributed by atoms with van der Waals surface area (Å²) in [4.78, 5) is 12.8. The van der Waals surface area contributed by atoms with Gasteiger partial charge in [0.15, 0.2) is 5.76 Å². The maximum atomic E-state index is 13.0. The second-order valence-corrected chi connectivity index (χ2v) is 9.95. The van der Waals surface area contributed by atoms with E-state index in [1.54, 1.807) is 13.8 Å². The van der Waals surface area contributed by atoms with E-state index in [0.29, 0.717) is 43.9 Å². The molecule has 1 N–H and O–H groups in total. The minimum atomic E-state index is -3.62. The molecular formula is C22H31N3O4S. The van der Waals surface area contributed by atoms with Crippen LogP contribution in [-0.2, 0) is 27.8 Å². The number of carbonyl (C=O) groups is 1. The van der Waals surface area contributed by atoms with Crippen LogP contribution in [0.3, 0.4) is 0 Å². The van der Waals surface area contributed by atoms with Gasteiger partial charge in [-0.25, -0.2) is 8.42 Å². The van der Waals surface area contributed by atoms with Crippen molar-refractivity contribution in [2.75, 3.05) is 13.1 Å². The number of aromatic nitrogens is 1. The molecule has 2 aromatic rings. The van der Waals surface area contributed by atoms with Crippen LogP contribution in [0.5, 0.6) is 0 Å². The van der Waals surface area contributed by atoms with Gasteiger partial charge in [-0.3, -0.25) is 4.79 Å². The third kappa shape index (κ3) is 4.75. The average Bonchev–Trinajstić information content (AvgIpc) is 3.10. The third-order valence-corrected chi connectivity index (χ3v) is 8.23. The van der Waals surface area contributed by atoms with Crippen molar-refractivity contribution in [1.82, 2.24) is 14.8 Å². The Kier molecular flexibility index (Phi) is 6.98. The maximum absolute atomic E-state index is 13.0. The van der Waals surface area contributed by atoms with Gasteiger partial charge in [0.1, 0.15) is 10.6 Å². The van der Waals surface area contributed by atoms with Crippen LogP contribution in [0.15, 0.2) is 33.7 Å². The van der Waals surface area contributed by atoms with Crippen LogP contribution >= 0.6 is 0 Å². The van der Waals surface area contributed by atoms with E-state index >= 15 is 0 Å². The second-order valence-electron chi connectivity index (χ2n) is 8.07. The van der Waals surface area contributed by atoms with Gasteiger partial charge in [0.05, 0.1) is 0 Å². The van der Waals surface area contributed by atoms with Crippen LogP contribution in [0.2, 0.25) is 0 Å². The molecule has 0 spiro atoms. The molecule has 8 heteroatoms. The third-order valence-electron chi connectivity index (χ3n) is 6.08. The highest BCUT2D eigenvalue weighted by molar-refractivity contribution is 7.89. The first kappa shape index (κ1) is 22.5. The molecule has 0 unspecified atom stereocenters. The van der Waals surface area contributed by atoms with Gasteiger partial charge < -0.3 is 9.84 Å². The minimum absolute atomic E-state index is 0.0154. The normalized spacial score (nSPS) is 17.1. The van der Waals surface area contributed by atoms with Crippen molar-refractivity contribution in [3.8, 4) is 0 Å². The van der Waals surface area contributed by atoms with Crippen molar-refractivity contribution in [2.24, 2.45) is 11.8 Å². The number of piperidine rings is 1. The van der Waals surface area contributed by atoms with E-state index in [1.807, 2.05) is 19.1 Å². The summed E-state index contributed by atoms with van der Waals surface area (Å²) in [6.45, 7) is 8.59. The highest BCUT2D eigenvalue weighted by atomic mass is 32.2. The fourth-order valence-electron chi connectivity index (χ4n) is 4.05. The van der Waals surface area contributed by atoms with Gasteiger partial charge in [-0.2, -0.15) is 4.31 Å². The van der Waals surface area contributed by atoms with Gasteiger partial charge in [0.25, 0.3) is 0 Å². The first-order valence-corrected chi connectivity index (χ1v) is 12.0. The summed E-state index contributed by atoms with van der Waals surface area (Å²) in [5.74, 6) is 0.323. The molecule has 164 valence electrons. The number of benzene rings is 1. The lowest BCUT2D eigenvalue weighted by molar-refractivity contribution is -0.126. The largest absolute Gasteiger partial charge is 0.360 e. The molecule has 0 radical (unpaired) electrons. The summed E-state index contributed by atoms with van der Waals surface area (Å²) in [6.07, 6.45) is 2.30. The van der Waals surface area contributed by atoms with Crippen LogP contribution < -0.4 is 5.32 Å². The lowest BCUT2D eigenvalue weighted by atomic mass is 9.85. The Morgan fingerprint density at radius 3 is 2.33 bits per heavy atom. The highest BCUT2D eigenvalue weighted by Crippen LogP contribution is 2.30. The molecule has 1 saturated heterocycles. The van der Waals surface area contributed by atoms with E-state index in [9.17, 15) is 13.2 Å². The Bertz CT molecular complexity index is 955. The molecule has 7 nitrogen and oxygen atoms in total. The standard InChI is InChI=1S/C22H31N3O4S/c1-5-18-6-8-19(9-7-18)14-23-22(26)15(2)20-10-12-25(13-11-20)30(27,28)21-16(3)24-29-17(21)4/h6-9,15,20H,5,10-14H2,1-4H3,(H,23,26)/t15-/m1/s1. The summed E-state index contributed by atoms with van der Waals surface area (Å²) in [5, 5.41) is 6.79. The minimum Gasteiger partial charge on any atom is -0.360 e. The van der Waals surface area contributed by atoms with E-state index in [-0.39, 0.29) is 22.6 Å². The summed E-state index contributed by atoms with van der Waals surface area (Å²) >= 11 is 0. The molecule has 1 atom stereocenters. The van der Waals surface area contributed by atoms with Crippen molar-refractivity contribution in [2.45, 2.75) is 58.4 Å². The highest BCUT2D eigenvalue weighted by Gasteiger charge is 2.36. The maximum Gasteiger partial charge on any atom is 0.248 e. The lowest BCUT2D eigenvalue weighted by Crippen LogP contribution is -2.42. The molecule has 0 bridgehead atoms. The van der Waals surface area contributed by atoms with E-state index < -0.39 is 10.0 Å². The molecule has 0 aliphatic carbocycles. The van der Waals surface area contributed by atoms with Crippen molar-refractivity contribution in [3.63, 3.8) is 0 Å². The second kappa shape index (κ2) is 9.31. The van der Waals surface area contributed by atoms with Crippen LogP contribution in [0.4, 0.5) is 0 Å². The van der Waals surface area contributed by atoms with Gasteiger partial charge in [0, 0.05) is 25.6 Å². The van der Waals surface area contributed by atoms with Crippen molar-refractivity contribution < 1.29 is 17.7 Å². The monoisotopic (exact) mass is 433 g/mol. The van der Waals surface area contributed by atoms with Gasteiger partial charge >= 0.3 is 0 Å². The number of rotatable bonds is 7. The summed E-state index contributed by atoms with van der Waals surface area (Å²) in [7, 11) is -3.62. The lowest BCUT2D eigenvalue weighted by Gasteiger charge is -2.33. The Labute approximate surface area is 178 Å². The molecule has 1 amide bonds. The van der Waals surface area contributed by atoms with E-state index in [2.05, 4.69) is 29.5 Å². The number of nitrogens with zero attached hydrogens (tertiary/aromatic N) is 2. The molecule has 2 heterocycles. The van der Waals surface area contributed by atoms with Gasteiger partial charge in [-0.15, -0.1) is 0 Å². The van der Waals surface area contributed by atoms with Crippen molar-refractivity contribution in [3.05, 3.63) is 46.8 Å². The summed E-state index contributed by atoms with van der Waals surface area (Å²) in [6, 6.07) is 8.25. The Balaban J connectivity index is 1.54. The molecule has 1 aliphatic rings. The van der Waals surface area contributed by atoms with E-state index in [1.165, 1.54) is 9.87 Å². The topological polar surface area (TPSA) is 92.5 Å². The fourth-order valence-corrected chi connectivity index (χ4v) is 5.81. The van der Waals surface area contributed by atoms with E-state index in [0.717, 1.165) is 12.0 Å². The SMILES string of the molecule is CCc1ccc(CNC(=O)[C@H](C)C2CCN(S(=O)(=O)c3c(C)noc3C)CC2)cc1. The molecule has 0 saturated carbocycles. The average molecular weight is 434 g/mol. The van der Waals surface area contributed by atoms with Gasteiger partial charge in [-0.05, 0) is 50.2 Å². The number of amides is 1. The smallest absolute Gasteiger partial charge is 0.248 e. The zero-order chi connectivity index (χ0) is 21.9. The first-order valence-electron chi connectivity index (χ1n) is 10.5. The molecule has 1 aliphatic heterocycles. The number of hydrogen-bond donors (Lipinski definition) is 1. The molecule has 1 aromatic heterocycles. The molecular weight excluding hydrogens is 402 g/mol. The van der Waals surface area contributed by atoms with Crippen LogP contribution in [0.25, 0.3) is 0 Å². The molecule has 30 heavy (non-hydrogen) atoms. The quantitative estimate of drug-likeness (QED) is 0.724. The molecule has 1 fully saturated rings. The number of aryl methyl sites for hydroxylation is 3. The number of nitrogens with one attached hydrogen (secondary N) is 1. The first-order chi connectivity index (χ1) is 14.2. The zero-order valence-electron chi connectivity index (χ0n) is 18.1. The fraction of sp³-hybridized carbons (Fsp3) is 0.545. The summed E-state index contributed by atoms with van der Waals surface area (Å²) < 4.78 is 32.4.